The first-order valence-corrected chi connectivity index (χ1v) is 10.7. The van der Waals surface area contributed by atoms with Crippen molar-refractivity contribution in [3.63, 3.8) is 0 Å². The summed E-state index contributed by atoms with van der Waals surface area (Å²) in [6, 6.07) is 26.7. The minimum atomic E-state index is -0.303. The SMILES string of the molecule is O=C1S/C(=C\c2cccc(OCc3ccccc3)c2)C(=O)N1CCOc1ccccc1. The van der Waals surface area contributed by atoms with Crippen LogP contribution in [0.3, 0.4) is 0 Å². The summed E-state index contributed by atoms with van der Waals surface area (Å²) in [5.74, 6) is 1.10. The molecule has 4 rings (SSSR count). The minimum Gasteiger partial charge on any atom is -0.492 e. The van der Waals surface area contributed by atoms with Crippen molar-refractivity contribution in [2.75, 3.05) is 13.2 Å². The van der Waals surface area contributed by atoms with Crippen LogP contribution >= 0.6 is 11.8 Å². The van der Waals surface area contributed by atoms with E-state index in [0.29, 0.717) is 23.0 Å². The number of nitrogens with zero attached hydrogens (tertiary/aromatic N) is 1. The molecule has 0 saturated carbocycles. The summed E-state index contributed by atoms with van der Waals surface area (Å²) < 4.78 is 11.5. The van der Waals surface area contributed by atoms with E-state index in [1.807, 2.05) is 84.9 Å². The fourth-order valence-corrected chi connectivity index (χ4v) is 3.92. The van der Waals surface area contributed by atoms with Crippen LogP contribution in [0.1, 0.15) is 11.1 Å². The third-order valence-electron chi connectivity index (χ3n) is 4.60. The average molecular weight is 432 g/mol. The molecule has 3 aromatic rings. The molecule has 1 fully saturated rings. The van der Waals surface area contributed by atoms with Crippen LogP contribution in [0, 0.1) is 0 Å². The van der Waals surface area contributed by atoms with E-state index < -0.39 is 0 Å². The molecule has 0 bridgehead atoms. The molecule has 5 nitrogen and oxygen atoms in total. The van der Waals surface area contributed by atoms with Crippen molar-refractivity contribution >= 4 is 29.0 Å². The lowest BCUT2D eigenvalue weighted by atomic mass is 10.2. The molecule has 0 atom stereocenters. The van der Waals surface area contributed by atoms with Crippen molar-refractivity contribution < 1.29 is 19.1 Å². The first kappa shape index (κ1) is 20.8. The van der Waals surface area contributed by atoms with Crippen LogP contribution in [-0.4, -0.2) is 29.2 Å². The predicted molar refractivity (Wildman–Crippen MR) is 122 cm³/mol. The van der Waals surface area contributed by atoms with Gasteiger partial charge in [-0.1, -0.05) is 60.7 Å². The van der Waals surface area contributed by atoms with E-state index in [1.165, 1.54) is 4.90 Å². The largest absolute Gasteiger partial charge is 0.492 e. The lowest BCUT2D eigenvalue weighted by Crippen LogP contribution is -2.32. The van der Waals surface area contributed by atoms with Crippen molar-refractivity contribution in [1.29, 1.82) is 0 Å². The van der Waals surface area contributed by atoms with Gasteiger partial charge < -0.3 is 9.47 Å². The number of hydrogen-bond acceptors (Lipinski definition) is 5. The summed E-state index contributed by atoms with van der Waals surface area (Å²) in [7, 11) is 0. The Morgan fingerprint density at radius 3 is 2.29 bits per heavy atom. The van der Waals surface area contributed by atoms with Gasteiger partial charge in [-0.2, -0.15) is 0 Å². The molecule has 0 N–H and O–H groups in total. The molecule has 0 aliphatic carbocycles. The van der Waals surface area contributed by atoms with Crippen molar-refractivity contribution in [3.05, 3.63) is 101 Å². The van der Waals surface area contributed by atoms with Gasteiger partial charge in [0.15, 0.2) is 0 Å². The summed E-state index contributed by atoms with van der Waals surface area (Å²) in [5.41, 5.74) is 1.88. The van der Waals surface area contributed by atoms with E-state index in [9.17, 15) is 9.59 Å². The highest BCUT2D eigenvalue weighted by atomic mass is 32.2. The van der Waals surface area contributed by atoms with E-state index >= 15 is 0 Å². The average Bonchev–Trinajstić information content (AvgIpc) is 3.07. The first-order chi connectivity index (χ1) is 15.2. The Hall–Kier alpha value is -3.51. The summed E-state index contributed by atoms with van der Waals surface area (Å²) in [5, 5.41) is -0.288. The monoisotopic (exact) mass is 431 g/mol. The van der Waals surface area contributed by atoms with Crippen molar-refractivity contribution in [1.82, 2.24) is 4.90 Å². The molecule has 1 aliphatic rings. The lowest BCUT2D eigenvalue weighted by molar-refractivity contribution is -0.123. The van der Waals surface area contributed by atoms with E-state index in [2.05, 4.69) is 0 Å². The Labute approximate surface area is 185 Å². The fraction of sp³-hybridized carbons (Fsp3) is 0.120. The number of thioether (sulfide) groups is 1. The molecule has 31 heavy (non-hydrogen) atoms. The molecule has 1 heterocycles. The topological polar surface area (TPSA) is 55.8 Å². The zero-order chi connectivity index (χ0) is 21.5. The molecule has 6 heteroatoms. The second kappa shape index (κ2) is 10.00. The van der Waals surface area contributed by atoms with Crippen LogP contribution in [0.4, 0.5) is 4.79 Å². The smallest absolute Gasteiger partial charge is 0.293 e. The second-order valence-corrected chi connectivity index (χ2v) is 7.83. The van der Waals surface area contributed by atoms with Gasteiger partial charge in [0.2, 0.25) is 0 Å². The molecule has 156 valence electrons. The maximum absolute atomic E-state index is 12.7. The second-order valence-electron chi connectivity index (χ2n) is 6.84. The Morgan fingerprint density at radius 2 is 1.52 bits per heavy atom. The van der Waals surface area contributed by atoms with Gasteiger partial charge >= 0.3 is 0 Å². The third kappa shape index (κ3) is 5.55. The maximum Gasteiger partial charge on any atom is 0.293 e. The van der Waals surface area contributed by atoms with Gasteiger partial charge in [0.05, 0.1) is 11.4 Å². The van der Waals surface area contributed by atoms with Crippen LogP contribution < -0.4 is 9.47 Å². The quantitative estimate of drug-likeness (QED) is 0.448. The number of para-hydroxylation sites is 1. The molecule has 0 spiro atoms. The Morgan fingerprint density at radius 1 is 0.806 bits per heavy atom. The van der Waals surface area contributed by atoms with Crippen molar-refractivity contribution in [3.8, 4) is 11.5 Å². The third-order valence-corrected chi connectivity index (χ3v) is 5.51. The van der Waals surface area contributed by atoms with Gasteiger partial charge in [-0.05, 0) is 53.2 Å². The van der Waals surface area contributed by atoms with Crippen LogP contribution in [-0.2, 0) is 11.4 Å². The number of carbonyl (C=O) groups excluding carboxylic acids is 2. The van der Waals surface area contributed by atoms with Gasteiger partial charge in [-0.3, -0.25) is 14.5 Å². The van der Waals surface area contributed by atoms with Gasteiger partial charge in [0.1, 0.15) is 24.7 Å². The lowest BCUT2D eigenvalue weighted by Gasteiger charge is -2.13. The number of ether oxygens (including phenoxy) is 2. The van der Waals surface area contributed by atoms with E-state index in [-0.39, 0.29) is 24.3 Å². The highest BCUT2D eigenvalue weighted by Crippen LogP contribution is 2.32. The Bertz CT molecular complexity index is 1080. The molecule has 0 unspecified atom stereocenters. The molecule has 0 aromatic heterocycles. The van der Waals surface area contributed by atoms with Crippen molar-refractivity contribution in [2.24, 2.45) is 0 Å². The number of benzene rings is 3. The van der Waals surface area contributed by atoms with Crippen LogP contribution in [0.25, 0.3) is 6.08 Å². The maximum atomic E-state index is 12.7. The Balaban J connectivity index is 1.37. The Kier molecular flexibility index (Phi) is 6.69. The predicted octanol–water partition coefficient (Wildman–Crippen LogP) is 5.38. The molecule has 3 aromatic carbocycles. The summed E-state index contributed by atoms with van der Waals surface area (Å²) >= 11 is 0.941. The fourth-order valence-electron chi connectivity index (χ4n) is 3.05. The standard InChI is InChI=1S/C25H21NO4S/c27-24-23(31-25(28)26(24)14-15-29-21-11-5-2-6-12-21)17-20-10-7-13-22(16-20)30-18-19-8-3-1-4-9-19/h1-13,16-17H,14-15,18H2/b23-17-. The molecule has 1 saturated heterocycles. The number of carbonyl (C=O) groups is 2. The van der Waals surface area contributed by atoms with Gasteiger partial charge in [0, 0.05) is 0 Å². The number of hydrogen-bond donors (Lipinski definition) is 0. The van der Waals surface area contributed by atoms with E-state index in [1.54, 1.807) is 6.08 Å². The normalized spacial score (nSPS) is 14.8. The summed E-state index contributed by atoms with van der Waals surface area (Å²) in [6.07, 6.45) is 1.72. The summed E-state index contributed by atoms with van der Waals surface area (Å²) in [6.45, 7) is 0.914. The highest BCUT2D eigenvalue weighted by Gasteiger charge is 2.34. The van der Waals surface area contributed by atoms with Gasteiger partial charge in [-0.15, -0.1) is 0 Å². The first-order valence-electron chi connectivity index (χ1n) is 9.89. The van der Waals surface area contributed by atoms with Crippen LogP contribution in [0.5, 0.6) is 11.5 Å². The zero-order valence-corrected chi connectivity index (χ0v) is 17.6. The zero-order valence-electron chi connectivity index (χ0n) is 16.8. The highest BCUT2D eigenvalue weighted by molar-refractivity contribution is 8.18. The van der Waals surface area contributed by atoms with Crippen LogP contribution in [0.15, 0.2) is 89.8 Å². The van der Waals surface area contributed by atoms with Crippen LogP contribution in [0.2, 0.25) is 0 Å². The minimum absolute atomic E-state index is 0.205. The molecule has 1 aliphatic heterocycles. The van der Waals surface area contributed by atoms with Gasteiger partial charge in [0.25, 0.3) is 11.1 Å². The molecule has 0 radical (unpaired) electrons. The number of imide groups is 1. The molecular formula is C25H21NO4S. The number of amides is 2. The molecule has 2 amide bonds. The van der Waals surface area contributed by atoms with E-state index in [0.717, 1.165) is 22.9 Å². The van der Waals surface area contributed by atoms with Gasteiger partial charge in [-0.25, -0.2) is 0 Å². The molecular weight excluding hydrogens is 410 g/mol. The van der Waals surface area contributed by atoms with E-state index in [4.69, 9.17) is 9.47 Å². The summed E-state index contributed by atoms with van der Waals surface area (Å²) in [4.78, 5) is 26.6. The van der Waals surface area contributed by atoms with Crippen molar-refractivity contribution in [2.45, 2.75) is 6.61 Å². The number of rotatable bonds is 8.